The highest BCUT2D eigenvalue weighted by atomic mass is 32.2. The van der Waals surface area contributed by atoms with Gasteiger partial charge in [-0.2, -0.15) is 0 Å². The largest absolute Gasteiger partial charge is 0.352 e. The fourth-order valence-electron chi connectivity index (χ4n) is 4.73. The highest BCUT2D eigenvalue weighted by Gasteiger charge is 2.34. The number of nitrogens with zero attached hydrogens (tertiary/aromatic N) is 2. The van der Waals surface area contributed by atoms with Crippen molar-refractivity contribution in [2.45, 2.75) is 57.1 Å². The van der Waals surface area contributed by atoms with E-state index in [9.17, 15) is 18.0 Å². The molecule has 0 heterocycles. The second-order valence-corrected chi connectivity index (χ2v) is 12.6. The molecule has 0 saturated heterocycles. The molecule has 0 aliphatic carbocycles. The average molecular weight is 598 g/mol. The van der Waals surface area contributed by atoms with Crippen molar-refractivity contribution in [1.29, 1.82) is 0 Å². The molecule has 4 aromatic carbocycles. The summed E-state index contributed by atoms with van der Waals surface area (Å²) < 4.78 is 29.1. The molecule has 0 bridgehead atoms. The van der Waals surface area contributed by atoms with Gasteiger partial charge in [-0.3, -0.25) is 13.9 Å². The minimum Gasteiger partial charge on any atom is -0.352 e. The van der Waals surface area contributed by atoms with E-state index in [4.69, 9.17) is 0 Å². The lowest BCUT2D eigenvalue weighted by molar-refractivity contribution is -0.140. The zero-order valence-corrected chi connectivity index (χ0v) is 25.7. The Morgan fingerprint density at radius 3 is 1.86 bits per heavy atom. The molecule has 0 fully saturated rings. The van der Waals surface area contributed by atoms with Gasteiger partial charge in [-0.05, 0) is 55.7 Å². The lowest BCUT2D eigenvalue weighted by Crippen LogP contribution is -2.54. The Hall–Kier alpha value is -4.43. The van der Waals surface area contributed by atoms with Crippen molar-refractivity contribution in [2.75, 3.05) is 10.8 Å². The van der Waals surface area contributed by atoms with Crippen LogP contribution in [-0.2, 0) is 32.6 Å². The molecule has 224 valence electrons. The van der Waals surface area contributed by atoms with Crippen LogP contribution in [0.2, 0.25) is 0 Å². The summed E-state index contributed by atoms with van der Waals surface area (Å²) in [6, 6.07) is 33.1. The van der Waals surface area contributed by atoms with Crippen LogP contribution in [0.3, 0.4) is 0 Å². The van der Waals surface area contributed by atoms with E-state index in [-0.39, 0.29) is 29.8 Å². The molecule has 0 saturated carbocycles. The lowest BCUT2D eigenvalue weighted by Gasteiger charge is -2.34. The summed E-state index contributed by atoms with van der Waals surface area (Å²) in [4.78, 5) is 29.8. The van der Waals surface area contributed by atoms with E-state index in [0.29, 0.717) is 5.69 Å². The third-order valence-electron chi connectivity index (χ3n) is 7.40. The third-order valence-corrected chi connectivity index (χ3v) is 9.19. The lowest BCUT2D eigenvalue weighted by atomic mass is 10.0. The van der Waals surface area contributed by atoms with E-state index in [1.165, 1.54) is 17.0 Å². The van der Waals surface area contributed by atoms with Gasteiger partial charge < -0.3 is 10.2 Å². The van der Waals surface area contributed by atoms with Crippen LogP contribution < -0.4 is 9.62 Å². The Labute approximate surface area is 255 Å². The minimum absolute atomic E-state index is 0.0772. The molecular formula is C35H39N3O4S. The number of nitrogens with one attached hydrogen (secondary N) is 1. The number of sulfonamides is 1. The summed E-state index contributed by atoms with van der Waals surface area (Å²) in [5.74, 6) is -0.764. The standard InChI is InChI=1S/C35H39N3O4S/c1-4-28(3)36-35(40)33(24-29-14-8-5-9-15-29)37(25-30-16-10-6-11-17-30)34(39)26-38(31-22-20-27(2)21-23-31)43(41,42)32-18-12-7-13-19-32/h5-23,28,33H,4,24-26H2,1-3H3,(H,36,40)/t28-,33-/m0/s1. The van der Waals surface area contributed by atoms with Gasteiger partial charge in [-0.25, -0.2) is 8.42 Å². The topological polar surface area (TPSA) is 86.8 Å². The van der Waals surface area contributed by atoms with Crippen molar-refractivity contribution >= 4 is 27.5 Å². The fraction of sp³-hybridized carbons (Fsp3) is 0.257. The molecule has 7 nitrogen and oxygen atoms in total. The number of benzene rings is 4. The Morgan fingerprint density at radius 2 is 1.30 bits per heavy atom. The van der Waals surface area contributed by atoms with Crippen LogP contribution >= 0.6 is 0 Å². The normalized spacial score (nSPS) is 12.6. The van der Waals surface area contributed by atoms with Gasteiger partial charge in [0, 0.05) is 19.0 Å². The predicted molar refractivity (Wildman–Crippen MR) is 171 cm³/mol. The predicted octanol–water partition coefficient (Wildman–Crippen LogP) is 5.75. The first-order valence-electron chi connectivity index (χ1n) is 14.5. The minimum atomic E-state index is -4.11. The van der Waals surface area contributed by atoms with Gasteiger partial charge in [0.1, 0.15) is 12.6 Å². The van der Waals surface area contributed by atoms with Crippen LogP contribution in [0.5, 0.6) is 0 Å². The molecule has 2 atom stereocenters. The van der Waals surface area contributed by atoms with Gasteiger partial charge in [0.15, 0.2) is 0 Å². The summed E-state index contributed by atoms with van der Waals surface area (Å²) in [5.41, 5.74) is 3.05. The number of hydrogen-bond donors (Lipinski definition) is 1. The molecule has 0 aliphatic heterocycles. The molecule has 0 radical (unpaired) electrons. The fourth-order valence-corrected chi connectivity index (χ4v) is 6.17. The average Bonchev–Trinajstić information content (AvgIpc) is 3.03. The summed E-state index contributed by atoms with van der Waals surface area (Å²) in [6.07, 6.45) is 1.00. The van der Waals surface area contributed by atoms with Crippen molar-refractivity contribution in [1.82, 2.24) is 10.2 Å². The van der Waals surface area contributed by atoms with Gasteiger partial charge in [0.2, 0.25) is 11.8 Å². The maximum absolute atomic E-state index is 14.4. The zero-order chi connectivity index (χ0) is 30.8. The molecule has 4 aromatic rings. The van der Waals surface area contributed by atoms with E-state index in [1.807, 2.05) is 93.6 Å². The molecule has 8 heteroatoms. The summed E-state index contributed by atoms with van der Waals surface area (Å²) in [6.45, 7) is 5.48. The summed E-state index contributed by atoms with van der Waals surface area (Å²) >= 11 is 0. The first-order valence-corrected chi connectivity index (χ1v) is 15.9. The number of rotatable bonds is 13. The summed E-state index contributed by atoms with van der Waals surface area (Å²) in [7, 11) is -4.11. The van der Waals surface area contributed by atoms with Gasteiger partial charge in [-0.15, -0.1) is 0 Å². The van der Waals surface area contributed by atoms with Crippen LogP contribution in [0.15, 0.2) is 120 Å². The van der Waals surface area contributed by atoms with Gasteiger partial charge in [0.05, 0.1) is 10.6 Å². The van der Waals surface area contributed by atoms with E-state index in [0.717, 1.165) is 27.4 Å². The monoisotopic (exact) mass is 597 g/mol. The van der Waals surface area contributed by atoms with Crippen molar-refractivity contribution in [2.24, 2.45) is 0 Å². The van der Waals surface area contributed by atoms with Crippen molar-refractivity contribution in [3.05, 3.63) is 132 Å². The van der Waals surface area contributed by atoms with E-state index in [2.05, 4.69) is 5.32 Å². The maximum atomic E-state index is 14.4. The second-order valence-electron chi connectivity index (χ2n) is 10.7. The van der Waals surface area contributed by atoms with Gasteiger partial charge in [-0.1, -0.05) is 103 Å². The number of aryl methyl sites for hydroxylation is 1. The van der Waals surface area contributed by atoms with E-state index >= 15 is 0 Å². The molecule has 43 heavy (non-hydrogen) atoms. The van der Waals surface area contributed by atoms with E-state index < -0.39 is 28.5 Å². The molecule has 0 unspecified atom stereocenters. The number of carbonyl (C=O) groups is 2. The van der Waals surface area contributed by atoms with Crippen molar-refractivity contribution in [3.63, 3.8) is 0 Å². The third kappa shape index (κ3) is 8.32. The number of amides is 2. The molecule has 0 aliphatic rings. The van der Waals surface area contributed by atoms with Crippen LogP contribution in [0.4, 0.5) is 5.69 Å². The number of carbonyl (C=O) groups excluding carboxylic acids is 2. The van der Waals surface area contributed by atoms with Crippen LogP contribution in [0.1, 0.15) is 37.0 Å². The van der Waals surface area contributed by atoms with Crippen LogP contribution in [0, 0.1) is 6.92 Å². The maximum Gasteiger partial charge on any atom is 0.264 e. The van der Waals surface area contributed by atoms with Gasteiger partial charge >= 0.3 is 0 Å². The van der Waals surface area contributed by atoms with Gasteiger partial charge in [0.25, 0.3) is 10.0 Å². The molecule has 0 spiro atoms. The highest BCUT2D eigenvalue weighted by molar-refractivity contribution is 7.92. The first-order chi connectivity index (χ1) is 20.7. The zero-order valence-electron chi connectivity index (χ0n) is 24.9. The molecule has 4 rings (SSSR count). The Morgan fingerprint density at radius 1 is 0.767 bits per heavy atom. The molecule has 2 amide bonds. The number of hydrogen-bond acceptors (Lipinski definition) is 4. The SMILES string of the molecule is CC[C@H](C)NC(=O)[C@H](Cc1ccccc1)N(Cc1ccccc1)C(=O)CN(c1ccc(C)cc1)S(=O)(=O)c1ccccc1. The van der Waals surface area contributed by atoms with Crippen LogP contribution in [-0.4, -0.2) is 43.8 Å². The molecule has 0 aromatic heterocycles. The number of anilines is 1. The Bertz CT molecular complexity index is 1580. The molecular weight excluding hydrogens is 558 g/mol. The first kappa shape index (κ1) is 31.5. The second kappa shape index (κ2) is 14.6. The van der Waals surface area contributed by atoms with E-state index in [1.54, 1.807) is 30.3 Å². The van der Waals surface area contributed by atoms with Crippen molar-refractivity contribution in [3.8, 4) is 0 Å². The summed E-state index contributed by atoms with van der Waals surface area (Å²) in [5, 5.41) is 3.05. The Balaban J connectivity index is 1.78. The Kier molecular flexibility index (Phi) is 10.7. The smallest absolute Gasteiger partial charge is 0.264 e. The van der Waals surface area contributed by atoms with Crippen LogP contribution in [0.25, 0.3) is 0 Å². The van der Waals surface area contributed by atoms with Crippen molar-refractivity contribution < 1.29 is 18.0 Å². The highest BCUT2D eigenvalue weighted by Crippen LogP contribution is 2.25. The molecule has 1 N–H and O–H groups in total. The quantitative estimate of drug-likeness (QED) is 0.213.